The molecule has 1 aliphatic rings. The van der Waals surface area contributed by atoms with Gasteiger partial charge in [-0.1, -0.05) is 6.07 Å². The Morgan fingerprint density at radius 2 is 2.30 bits per heavy atom. The molecule has 20 heavy (non-hydrogen) atoms. The molecule has 2 rings (SSSR count). The number of carbonyl (C=O) groups is 2. The van der Waals surface area contributed by atoms with Gasteiger partial charge in [-0.05, 0) is 31.5 Å². The van der Waals surface area contributed by atoms with Gasteiger partial charge in [-0.15, -0.1) is 0 Å². The smallest absolute Gasteiger partial charge is 0.241 e. The second kappa shape index (κ2) is 6.38. The second-order valence-corrected chi connectivity index (χ2v) is 4.96. The van der Waals surface area contributed by atoms with Gasteiger partial charge in [0.05, 0.1) is 12.6 Å². The van der Waals surface area contributed by atoms with Crippen molar-refractivity contribution in [2.24, 2.45) is 0 Å². The minimum absolute atomic E-state index is 0.0360. The Bertz CT molecular complexity index is 504. The summed E-state index contributed by atoms with van der Waals surface area (Å²) in [6, 6.07) is 6.68. The highest BCUT2D eigenvalue weighted by atomic mass is 16.2. The molecular weight excluding hydrogens is 256 g/mol. The first-order chi connectivity index (χ1) is 9.56. The first-order valence-electron chi connectivity index (χ1n) is 6.73. The quantitative estimate of drug-likeness (QED) is 0.698. The third-order valence-electron chi connectivity index (χ3n) is 3.37. The molecule has 1 fully saturated rings. The molecule has 0 aromatic heterocycles. The SMILES string of the molecule is CC(C(=O)Nc1cccc(N)c1)N1CCCNC(=O)C1. The number of nitrogens with zero attached hydrogens (tertiary/aromatic N) is 1. The van der Waals surface area contributed by atoms with Crippen LogP contribution in [0, 0.1) is 0 Å². The molecule has 0 aliphatic carbocycles. The van der Waals surface area contributed by atoms with E-state index in [1.54, 1.807) is 31.2 Å². The number of carbonyl (C=O) groups excluding carboxylic acids is 2. The molecule has 1 heterocycles. The number of hydrogen-bond donors (Lipinski definition) is 3. The molecule has 0 radical (unpaired) electrons. The van der Waals surface area contributed by atoms with Crippen LogP contribution in [0.25, 0.3) is 0 Å². The lowest BCUT2D eigenvalue weighted by molar-refractivity contribution is -0.124. The summed E-state index contributed by atoms with van der Waals surface area (Å²) in [5.41, 5.74) is 6.95. The Hall–Kier alpha value is -2.08. The van der Waals surface area contributed by atoms with Crippen LogP contribution in [-0.4, -0.2) is 42.4 Å². The summed E-state index contributed by atoms with van der Waals surface area (Å²) in [5.74, 6) is -0.170. The fraction of sp³-hybridized carbons (Fsp3) is 0.429. The first kappa shape index (κ1) is 14.3. The van der Waals surface area contributed by atoms with Crippen molar-refractivity contribution < 1.29 is 9.59 Å². The minimum atomic E-state index is -0.361. The number of anilines is 2. The lowest BCUT2D eigenvalue weighted by Gasteiger charge is -2.25. The van der Waals surface area contributed by atoms with Crippen LogP contribution in [0.3, 0.4) is 0 Å². The number of nitrogen functional groups attached to an aromatic ring is 1. The predicted octanol–water partition coefficient (Wildman–Crippen LogP) is 0.418. The van der Waals surface area contributed by atoms with E-state index in [-0.39, 0.29) is 24.4 Å². The largest absolute Gasteiger partial charge is 0.399 e. The maximum Gasteiger partial charge on any atom is 0.241 e. The molecule has 0 bridgehead atoms. The zero-order chi connectivity index (χ0) is 14.5. The Kier molecular flexibility index (Phi) is 4.57. The molecule has 4 N–H and O–H groups in total. The van der Waals surface area contributed by atoms with E-state index >= 15 is 0 Å². The summed E-state index contributed by atoms with van der Waals surface area (Å²) in [6.07, 6.45) is 0.849. The molecule has 1 aromatic rings. The molecule has 6 heteroatoms. The number of hydrogen-bond acceptors (Lipinski definition) is 4. The van der Waals surface area contributed by atoms with E-state index in [4.69, 9.17) is 5.73 Å². The number of amides is 2. The van der Waals surface area contributed by atoms with E-state index in [0.29, 0.717) is 17.9 Å². The fourth-order valence-electron chi connectivity index (χ4n) is 2.19. The molecule has 1 saturated heterocycles. The van der Waals surface area contributed by atoms with E-state index in [0.717, 1.165) is 13.0 Å². The molecule has 6 nitrogen and oxygen atoms in total. The lowest BCUT2D eigenvalue weighted by Crippen LogP contribution is -2.45. The highest BCUT2D eigenvalue weighted by Crippen LogP contribution is 2.13. The van der Waals surface area contributed by atoms with Crippen molar-refractivity contribution in [2.75, 3.05) is 30.7 Å². The zero-order valence-electron chi connectivity index (χ0n) is 11.6. The van der Waals surface area contributed by atoms with Crippen LogP contribution in [0.1, 0.15) is 13.3 Å². The number of nitrogens with one attached hydrogen (secondary N) is 2. The van der Waals surface area contributed by atoms with Crippen LogP contribution >= 0.6 is 0 Å². The summed E-state index contributed by atoms with van der Waals surface area (Å²) >= 11 is 0. The topological polar surface area (TPSA) is 87.5 Å². The van der Waals surface area contributed by atoms with Crippen molar-refractivity contribution in [3.8, 4) is 0 Å². The number of nitrogens with two attached hydrogens (primary N) is 1. The van der Waals surface area contributed by atoms with Gasteiger partial charge >= 0.3 is 0 Å². The van der Waals surface area contributed by atoms with E-state index in [1.807, 2.05) is 4.90 Å². The van der Waals surface area contributed by atoms with Crippen LogP contribution < -0.4 is 16.4 Å². The molecule has 2 amide bonds. The van der Waals surface area contributed by atoms with E-state index in [2.05, 4.69) is 10.6 Å². The number of benzene rings is 1. The van der Waals surface area contributed by atoms with Gasteiger partial charge in [0, 0.05) is 24.5 Å². The monoisotopic (exact) mass is 276 g/mol. The number of rotatable bonds is 3. The Morgan fingerprint density at radius 1 is 1.50 bits per heavy atom. The predicted molar refractivity (Wildman–Crippen MR) is 78.1 cm³/mol. The van der Waals surface area contributed by atoms with Gasteiger partial charge in [0.2, 0.25) is 11.8 Å². The van der Waals surface area contributed by atoms with Crippen LogP contribution in [0.5, 0.6) is 0 Å². The highest BCUT2D eigenvalue weighted by molar-refractivity contribution is 5.95. The van der Waals surface area contributed by atoms with Gasteiger partial charge in [-0.2, -0.15) is 0 Å². The normalized spacial score (nSPS) is 17.9. The summed E-state index contributed by atoms with van der Waals surface area (Å²) in [7, 11) is 0. The third-order valence-corrected chi connectivity index (χ3v) is 3.37. The Labute approximate surface area is 118 Å². The van der Waals surface area contributed by atoms with E-state index in [9.17, 15) is 9.59 Å². The lowest BCUT2D eigenvalue weighted by atomic mass is 10.2. The standard InChI is InChI=1S/C14H20N4O2/c1-10(18-7-3-6-16-13(19)9-18)14(20)17-12-5-2-4-11(15)8-12/h2,4-5,8,10H,3,6-7,9,15H2,1H3,(H,16,19)(H,17,20). The summed E-state index contributed by atoms with van der Waals surface area (Å²) in [4.78, 5) is 25.6. The Morgan fingerprint density at radius 3 is 3.05 bits per heavy atom. The van der Waals surface area contributed by atoms with Gasteiger partial charge in [0.1, 0.15) is 0 Å². The average Bonchev–Trinajstić information content (AvgIpc) is 2.62. The fourth-order valence-corrected chi connectivity index (χ4v) is 2.19. The average molecular weight is 276 g/mol. The minimum Gasteiger partial charge on any atom is -0.399 e. The second-order valence-electron chi connectivity index (χ2n) is 4.96. The highest BCUT2D eigenvalue weighted by Gasteiger charge is 2.24. The molecule has 1 atom stereocenters. The van der Waals surface area contributed by atoms with Crippen LogP contribution in [0.2, 0.25) is 0 Å². The molecule has 1 aromatic carbocycles. The van der Waals surface area contributed by atoms with Crippen molar-refractivity contribution in [1.29, 1.82) is 0 Å². The summed E-state index contributed by atoms with van der Waals surface area (Å²) in [5, 5.41) is 5.62. The molecular formula is C14H20N4O2. The van der Waals surface area contributed by atoms with E-state index in [1.165, 1.54) is 0 Å². The summed E-state index contributed by atoms with van der Waals surface area (Å²) < 4.78 is 0. The van der Waals surface area contributed by atoms with Crippen LogP contribution in [0.15, 0.2) is 24.3 Å². The molecule has 1 aliphatic heterocycles. The maximum absolute atomic E-state index is 12.2. The molecule has 0 spiro atoms. The van der Waals surface area contributed by atoms with Gasteiger partial charge in [-0.3, -0.25) is 14.5 Å². The maximum atomic E-state index is 12.2. The van der Waals surface area contributed by atoms with Gasteiger partial charge < -0.3 is 16.4 Å². The molecule has 0 saturated carbocycles. The van der Waals surface area contributed by atoms with Crippen LogP contribution in [0.4, 0.5) is 11.4 Å². The van der Waals surface area contributed by atoms with Gasteiger partial charge in [0.25, 0.3) is 0 Å². The zero-order valence-corrected chi connectivity index (χ0v) is 11.6. The first-order valence-corrected chi connectivity index (χ1v) is 6.73. The molecule has 1 unspecified atom stereocenters. The van der Waals surface area contributed by atoms with Crippen LogP contribution in [-0.2, 0) is 9.59 Å². The van der Waals surface area contributed by atoms with Gasteiger partial charge in [-0.25, -0.2) is 0 Å². The van der Waals surface area contributed by atoms with Crippen molar-refractivity contribution >= 4 is 23.2 Å². The van der Waals surface area contributed by atoms with Crippen molar-refractivity contribution in [2.45, 2.75) is 19.4 Å². The Balaban J connectivity index is 1.99. The van der Waals surface area contributed by atoms with Crippen molar-refractivity contribution in [1.82, 2.24) is 10.2 Å². The van der Waals surface area contributed by atoms with E-state index < -0.39 is 0 Å². The third kappa shape index (κ3) is 3.71. The van der Waals surface area contributed by atoms with Gasteiger partial charge in [0.15, 0.2) is 0 Å². The molecule has 108 valence electrons. The van der Waals surface area contributed by atoms with Crippen molar-refractivity contribution in [3.63, 3.8) is 0 Å². The van der Waals surface area contributed by atoms with Crippen molar-refractivity contribution in [3.05, 3.63) is 24.3 Å². The summed E-state index contributed by atoms with van der Waals surface area (Å²) in [6.45, 7) is 3.45.